The topological polar surface area (TPSA) is 46.5 Å². The third kappa shape index (κ3) is 4.15. The molecule has 0 fully saturated rings. The molecule has 0 aliphatic carbocycles. The Kier molecular flexibility index (Phi) is 5.86. The van der Waals surface area contributed by atoms with E-state index in [1.807, 2.05) is 24.3 Å². The number of carbonyl (C=O) groups is 1. The fraction of sp³-hybridized carbons (Fsp3) is 0.533. The lowest BCUT2D eigenvalue weighted by molar-refractivity contribution is -0.141. The number of aliphatic hydroxyl groups is 1. The van der Waals surface area contributed by atoms with E-state index in [9.17, 15) is 9.90 Å². The number of rotatable bonds is 6. The van der Waals surface area contributed by atoms with Crippen LogP contribution in [-0.4, -0.2) is 18.2 Å². The molecule has 0 aromatic heterocycles. The summed E-state index contributed by atoms with van der Waals surface area (Å²) in [7, 11) is 1.36. The van der Waals surface area contributed by atoms with Crippen LogP contribution in [0.25, 0.3) is 0 Å². The van der Waals surface area contributed by atoms with Gasteiger partial charge in [-0.2, -0.15) is 0 Å². The zero-order valence-electron chi connectivity index (χ0n) is 11.3. The molecule has 0 amide bonds. The molecule has 3 nitrogen and oxygen atoms in total. The highest BCUT2D eigenvalue weighted by Gasteiger charge is 2.11. The first-order valence-electron chi connectivity index (χ1n) is 6.43. The molecule has 18 heavy (non-hydrogen) atoms. The summed E-state index contributed by atoms with van der Waals surface area (Å²) in [5.74, 6) is 0.247. The summed E-state index contributed by atoms with van der Waals surface area (Å²) in [6.07, 6.45) is 1.14. The van der Waals surface area contributed by atoms with E-state index in [-0.39, 0.29) is 12.4 Å². The number of hydrogen-bond donors (Lipinski definition) is 1. The van der Waals surface area contributed by atoms with Crippen LogP contribution in [0.3, 0.4) is 0 Å². The Morgan fingerprint density at radius 2 is 1.83 bits per heavy atom. The van der Waals surface area contributed by atoms with Gasteiger partial charge in [0.15, 0.2) is 0 Å². The monoisotopic (exact) mass is 250 g/mol. The van der Waals surface area contributed by atoms with Gasteiger partial charge in [-0.15, -0.1) is 0 Å². The molecule has 0 spiro atoms. The molecule has 2 unspecified atom stereocenters. The molecule has 100 valence electrons. The Morgan fingerprint density at radius 1 is 1.28 bits per heavy atom. The van der Waals surface area contributed by atoms with Gasteiger partial charge in [-0.25, -0.2) is 0 Å². The number of esters is 1. The maximum absolute atomic E-state index is 11.0. The van der Waals surface area contributed by atoms with Crippen LogP contribution in [0.1, 0.15) is 56.3 Å². The van der Waals surface area contributed by atoms with Gasteiger partial charge in [0.2, 0.25) is 0 Å². The molecule has 0 heterocycles. The largest absolute Gasteiger partial charge is 0.469 e. The first-order valence-corrected chi connectivity index (χ1v) is 6.43. The first kappa shape index (κ1) is 14.7. The van der Waals surface area contributed by atoms with Crippen LogP contribution in [0, 0.1) is 0 Å². The van der Waals surface area contributed by atoms with Crippen molar-refractivity contribution in [1.82, 2.24) is 0 Å². The van der Waals surface area contributed by atoms with Crippen LogP contribution in [0.2, 0.25) is 0 Å². The molecule has 1 aromatic rings. The number of carbonyl (C=O) groups excluding carboxylic acids is 1. The second kappa shape index (κ2) is 7.17. The maximum Gasteiger partial charge on any atom is 0.305 e. The van der Waals surface area contributed by atoms with Crippen LogP contribution in [0.5, 0.6) is 0 Å². The van der Waals surface area contributed by atoms with Gasteiger partial charge >= 0.3 is 5.97 Å². The average Bonchev–Trinajstić information content (AvgIpc) is 2.43. The number of ether oxygens (including phenoxy) is 1. The molecular formula is C15H22O3. The molecule has 0 saturated carbocycles. The van der Waals surface area contributed by atoms with Gasteiger partial charge < -0.3 is 9.84 Å². The predicted molar refractivity (Wildman–Crippen MR) is 71.4 cm³/mol. The quantitative estimate of drug-likeness (QED) is 0.789. The Labute approximate surface area is 109 Å². The van der Waals surface area contributed by atoms with Gasteiger partial charge in [-0.3, -0.25) is 4.79 Å². The van der Waals surface area contributed by atoms with E-state index < -0.39 is 6.10 Å². The molecule has 3 heteroatoms. The van der Waals surface area contributed by atoms with E-state index in [0.29, 0.717) is 12.3 Å². The second-order valence-electron chi connectivity index (χ2n) is 4.61. The zero-order chi connectivity index (χ0) is 13.5. The summed E-state index contributed by atoms with van der Waals surface area (Å²) >= 11 is 0. The zero-order valence-corrected chi connectivity index (χ0v) is 11.3. The highest BCUT2D eigenvalue weighted by molar-refractivity contribution is 5.69. The normalized spacial score (nSPS) is 14.0. The summed E-state index contributed by atoms with van der Waals surface area (Å²) in [5.41, 5.74) is 2.13. The van der Waals surface area contributed by atoms with E-state index in [2.05, 4.69) is 18.6 Å². The molecule has 0 bridgehead atoms. The van der Waals surface area contributed by atoms with Gasteiger partial charge in [0, 0.05) is 6.42 Å². The minimum absolute atomic E-state index is 0.241. The first-order chi connectivity index (χ1) is 8.58. The highest BCUT2D eigenvalue weighted by Crippen LogP contribution is 2.23. The van der Waals surface area contributed by atoms with Crippen molar-refractivity contribution in [2.75, 3.05) is 7.11 Å². The number of methoxy groups -OCH3 is 1. The Morgan fingerprint density at radius 3 is 2.33 bits per heavy atom. The van der Waals surface area contributed by atoms with Crippen molar-refractivity contribution in [2.24, 2.45) is 0 Å². The molecule has 0 radical (unpaired) electrons. The molecule has 0 aliphatic heterocycles. The summed E-state index contributed by atoms with van der Waals surface area (Å²) in [5, 5.41) is 9.94. The van der Waals surface area contributed by atoms with Crippen LogP contribution >= 0.6 is 0 Å². The van der Waals surface area contributed by atoms with Crippen molar-refractivity contribution in [3.8, 4) is 0 Å². The van der Waals surface area contributed by atoms with E-state index >= 15 is 0 Å². The smallest absolute Gasteiger partial charge is 0.305 e. The van der Waals surface area contributed by atoms with Gasteiger partial charge in [0.25, 0.3) is 0 Å². The van der Waals surface area contributed by atoms with E-state index in [1.54, 1.807) is 0 Å². The number of aliphatic hydroxyl groups excluding tert-OH is 1. The fourth-order valence-electron chi connectivity index (χ4n) is 1.81. The third-order valence-electron chi connectivity index (χ3n) is 3.35. The lowest BCUT2D eigenvalue weighted by Gasteiger charge is -2.13. The molecule has 1 N–H and O–H groups in total. The van der Waals surface area contributed by atoms with Crippen molar-refractivity contribution in [2.45, 2.75) is 45.1 Å². The number of hydrogen-bond acceptors (Lipinski definition) is 3. The lowest BCUT2D eigenvalue weighted by Crippen LogP contribution is -2.05. The Balaban J connectivity index is 2.58. The molecule has 1 rings (SSSR count). The van der Waals surface area contributed by atoms with Crippen molar-refractivity contribution >= 4 is 5.97 Å². The fourth-order valence-corrected chi connectivity index (χ4v) is 1.81. The van der Waals surface area contributed by atoms with Gasteiger partial charge in [-0.05, 0) is 29.9 Å². The molecule has 0 aliphatic rings. The summed E-state index contributed by atoms with van der Waals surface area (Å²) < 4.78 is 4.55. The van der Waals surface area contributed by atoms with Crippen LogP contribution in [-0.2, 0) is 9.53 Å². The van der Waals surface area contributed by atoms with Gasteiger partial charge in [0.05, 0.1) is 13.2 Å². The standard InChI is InChI=1S/C15H22O3/c1-4-11(2)12-5-7-13(8-6-12)14(16)9-10-15(17)18-3/h5-8,11,14,16H,4,9-10H2,1-3H3. The van der Waals surface area contributed by atoms with Crippen LogP contribution in [0.4, 0.5) is 0 Å². The highest BCUT2D eigenvalue weighted by atomic mass is 16.5. The predicted octanol–water partition coefficient (Wildman–Crippen LogP) is 3.19. The van der Waals surface area contributed by atoms with E-state index in [4.69, 9.17) is 0 Å². The summed E-state index contributed by atoms with van der Waals surface area (Å²) in [6, 6.07) is 7.96. The van der Waals surface area contributed by atoms with Crippen molar-refractivity contribution in [3.63, 3.8) is 0 Å². The van der Waals surface area contributed by atoms with Crippen molar-refractivity contribution in [1.29, 1.82) is 0 Å². The molecule has 2 atom stereocenters. The lowest BCUT2D eigenvalue weighted by atomic mass is 9.96. The minimum atomic E-state index is -0.602. The SMILES string of the molecule is CCC(C)c1ccc(C(O)CCC(=O)OC)cc1. The van der Waals surface area contributed by atoms with Crippen molar-refractivity contribution in [3.05, 3.63) is 35.4 Å². The Hall–Kier alpha value is -1.35. The minimum Gasteiger partial charge on any atom is -0.469 e. The van der Waals surface area contributed by atoms with Crippen LogP contribution < -0.4 is 0 Å². The third-order valence-corrected chi connectivity index (χ3v) is 3.35. The second-order valence-corrected chi connectivity index (χ2v) is 4.61. The van der Waals surface area contributed by atoms with E-state index in [0.717, 1.165) is 12.0 Å². The molecule has 0 saturated heterocycles. The summed E-state index contributed by atoms with van der Waals surface area (Å²) in [6.45, 7) is 4.34. The van der Waals surface area contributed by atoms with E-state index in [1.165, 1.54) is 12.7 Å². The number of benzene rings is 1. The Bertz CT molecular complexity index is 370. The molecular weight excluding hydrogens is 228 g/mol. The summed E-state index contributed by atoms with van der Waals surface area (Å²) in [4.78, 5) is 11.0. The van der Waals surface area contributed by atoms with Gasteiger partial charge in [-0.1, -0.05) is 38.1 Å². The average molecular weight is 250 g/mol. The van der Waals surface area contributed by atoms with Crippen LogP contribution in [0.15, 0.2) is 24.3 Å². The molecule has 1 aromatic carbocycles. The van der Waals surface area contributed by atoms with Crippen molar-refractivity contribution < 1.29 is 14.6 Å². The van der Waals surface area contributed by atoms with Gasteiger partial charge in [0.1, 0.15) is 0 Å². The maximum atomic E-state index is 11.0.